The van der Waals surface area contributed by atoms with Gasteiger partial charge in [-0.3, -0.25) is 0 Å². The Morgan fingerprint density at radius 1 is 1.83 bits per heavy atom. The third kappa shape index (κ3) is 8.82. The van der Waals surface area contributed by atoms with Gasteiger partial charge < -0.3 is 9.90 Å². The van der Waals surface area contributed by atoms with Gasteiger partial charge in [-0.1, -0.05) is 6.61 Å². The average Bonchev–Trinajstić information content (AvgIpc) is 1.38. The maximum Gasteiger partial charge on any atom is 1.00 e. The summed E-state index contributed by atoms with van der Waals surface area (Å²) in [6.07, 6.45) is 0. The van der Waals surface area contributed by atoms with Crippen LogP contribution in [0.3, 0.4) is 0 Å². The van der Waals surface area contributed by atoms with E-state index < -0.39 is 6.61 Å². The van der Waals surface area contributed by atoms with Crippen LogP contribution in [-0.2, 0) is 4.79 Å². The van der Waals surface area contributed by atoms with Crippen molar-refractivity contribution in [3.05, 3.63) is 0 Å². The van der Waals surface area contributed by atoms with Crippen molar-refractivity contribution in [2.24, 2.45) is 0 Å². The third-order valence-electron chi connectivity index (χ3n) is 0.203. The fourth-order valence-corrected chi connectivity index (χ4v) is 0. The zero-order chi connectivity index (χ0) is 4.28. The molecule has 0 amide bonds. The normalized spacial score (nSPS) is 6.33. The van der Waals surface area contributed by atoms with Crippen LogP contribution in [0.15, 0.2) is 0 Å². The molecule has 0 aliphatic carbocycles. The standard InChI is InChI=1S/C3H5O2.Na/c1-3(5)2-4;/h2H2,1H3;/q-1;+1. The molecule has 0 aromatic carbocycles. The second-order valence-electron chi connectivity index (χ2n) is 0.846. The van der Waals surface area contributed by atoms with Crippen LogP contribution >= 0.6 is 0 Å². The molecule has 0 fully saturated rings. The first-order valence-electron chi connectivity index (χ1n) is 1.35. The first-order chi connectivity index (χ1) is 2.27. The van der Waals surface area contributed by atoms with Crippen molar-refractivity contribution in [2.75, 3.05) is 6.61 Å². The molecule has 0 unspecified atom stereocenters. The molecular formula is C3H5NaO2. The molecule has 0 bridgehead atoms. The average molecular weight is 96.1 g/mol. The fourth-order valence-electron chi connectivity index (χ4n) is 0. The summed E-state index contributed by atoms with van der Waals surface area (Å²) in [6.45, 7) is 0.687. The van der Waals surface area contributed by atoms with E-state index in [1.807, 2.05) is 0 Å². The number of hydrogen-bond donors (Lipinski definition) is 0. The van der Waals surface area contributed by atoms with E-state index >= 15 is 0 Å². The molecule has 0 heterocycles. The van der Waals surface area contributed by atoms with E-state index in [1.165, 1.54) is 6.92 Å². The Balaban J connectivity index is 0. The van der Waals surface area contributed by atoms with Gasteiger partial charge in [0.1, 0.15) is 5.78 Å². The quantitative estimate of drug-likeness (QED) is 0.312. The summed E-state index contributed by atoms with van der Waals surface area (Å²) in [6, 6.07) is 0. The van der Waals surface area contributed by atoms with Gasteiger partial charge in [0, 0.05) is 0 Å². The van der Waals surface area contributed by atoms with E-state index in [0.29, 0.717) is 0 Å². The van der Waals surface area contributed by atoms with Crippen LogP contribution in [0.1, 0.15) is 6.92 Å². The number of hydrogen-bond acceptors (Lipinski definition) is 2. The minimum Gasteiger partial charge on any atom is -0.849 e. The zero-order valence-corrected chi connectivity index (χ0v) is 6.02. The van der Waals surface area contributed by atoms with Crippen molar-refractivity contribution in [3.8, 4) is 0 Å². The molecule has 0 rings (SSSR count). The Morgan fingerprint density at radius 2 is 2.00 bits per heavy atom. The molecular weight excluding hydrogens is 91.0 g/mol. The van der Waals surface area contributed by atoms with Gasteiger partial charge in [-0.25, -0.2) is 0 Å². The molecule has 6 heavy (non-hydrogen) atoms. The molecule has 30 valence electrons. The largest absolute Gasteiger partial charge is 1.00 e. The van der Waals surface area contributed by atoms with Gasteiger partial charge in [-0.05, 0) is 6.92 Å². The summed E-state index contributed by atoms with van der Waals surface area (Å²) in [4.78, 5) is 9.50. The molecule has 0 aromatic heterocycles. The van der Waals surface area contributed by atoms with Gasteiger partial charge >= 0.3 is 29.6 Å². The first-order valence-corrected chi connectivity index (χ1v) is 1.35. The molecule has 0 N–H and O–H groups in total. The van der Waals surface area contributed by atoms with Gasteiger partial charge in [-0.15, -0.1) is 0 Å². The predicted molar refractivity (Wildman–Crippen MR) is 15.5 cm³/mol. The predicted octanol–water partition coefficient (Wildman–Crippen LogP) is -4.06. The van der Waals surface area contributed by atoms with Gasteiger partial charge in [0.25, 0.3) is 0 Å². The van der Waals surface area contributed by atoms with E-state index in [1.54, 1.807) is 0 Å². The van der Waals surface area contributed by atoms with Gasteiger partial charge in [-0.2, -0.15) is 0 Å². The number of carbonyl (C=O) groups excluding carboxylic acids is 1. The Bertz CT molecular complexity index is 44.1. The summed E-state index contributed by atoms with van der Waals surface area (Å²) >= 11 is 0. The SMILES string of the molecule is CC(=O)C[O-].[Na+]. The number of carbonyl (C=O) groups is 1. The summed E-state index contributed by atoms with van der Waals surface area (Å²) in [7, 11) is 0. The Labute approximate surface area is 58.8 Å². The molecule has 3 heteroatoms. The molecule has 0 aliphatic rings. The van der Waals surface area contributed by atoms with Gasteiger partial charge in [0.05, 0.1) is 0 Å². The van der Waals surface area contributed by atoms with Gasteiger partial charge in [0.2, 0.25) is 0 Å². The summed E-state index contributed by atoms with van der Waals surface area (Å²) in [5, 5.41) is 9.28. The monoisotopic (exact) mass is 96.0 g/mol. The van der Waals surface area contributed by atoms with E-state index in [4.69, 9.17) is 0 Å². The molecule has 2 nitrogen and oxygen atoms in total. The van der Waals surface area contributed by atoms with Crippen LogP contribution in [0.25, 0.3) is 0 Å². The number of ketones is 1. The second-order valence-corrected chi connectivity index (χ2v) is 0.846. The van der Waals surface area contributed by atoms with Crippen molar-refractivity contribution in [3.63, 3.8) is 0 Å². The summed E-state index contributed by atoms with van der Waals surface area (Å²) in [5.74, 6) is -0.301. The van der Waals surface area contributed by atoms with Crippen LogP contribution in [0.5, 0.6) is 0 Å². The van der Waals surface area contributed by atoms with E-state index in [2.05, 4.69) is 0 Å². The van der Waals surface area contributed by atoms with Crippen LogP contribution in [-0.4, -0.2) is 12.4 Å². The number of Topliss-reactive ketones (excluding diaryl/α,β-unsaturated/α-hetero) is 1. The number of rotatable bonds is 1. The molecule has 0 saturated heterocycles. The van der Waals surface area contributed by atoms with E-state index in [-0.39, 0.29) is 35.3 Å². The van der Waals surface area contributed by atoms with Crippen molar-refractivity contribution in [1.29, 1.82) is 0 Å². The summed E-state index contributed by atoms with van der Waals surface area (Å²) < 4.78 is 0. The Hall–Kier alpha value is 0.630. The van der Waals surface area contributed by atoms with Crippen LogP contribution < -0.4 is 34.7 Å². The Morgan fingerprint density at radius 3 is 2.00 bits per heavy atom. The smallest absolute Gasteiger partial charge is 0.849 e. The van der Waals surface area contributed by atoms with Crippen LogP contribution in [0.4, 0.5) is 0 Å². The maximum atomic E-state index is 9.50. The van der Waals surface area contributed by atoms with Crippen molar-refractivity contribution in [1.82, 2.24) is 0 Å². The van der Waals surface area contributed by atoms with E-state index in [9.17, 15) is 9.90 Å². The molecule has 0 aliphatic heterocycles. The van der Waals surface area contributed by atoms with Crippen LogP contribution in [0.2, 0.25) is 0 Å². The molecule has 0 saturated carbocycles. The molecule has 0 spiro atoms. The third-order valence-corrected chi connectivity index (χ3v) is 0.203. The Kier molecular flexibility index (Phi) is 9.20. The molecule has 0 atom stereocenters. The van der Waals surface area contributed by atoms with E-state index in [0.717, 1.165) is 0 Å². The topological polar surface area (TPSA) is 40.1 Å². The summed E-state index contributed by atoms with van der Waals surface area (Å²) in [5.41, 5.74) is 0. The maximum absolute atomic E-state index is 9.50. The van der Waals surface area contributed by atoms with Crippen molar-refractivity contribution in [2.45, 2.75) is 6.92 Å². The zero-order valence-electron chi connectivity index (χ0n) is 4.02. The van der Waals surface area contributed by atoms with Crippen molar-refractivity contribution >= 4 is 5.78 Å². The first kappa shape index (κ1) is 9.80. The molecule has 0 radical (unpaired) electrons. The molecule has 0 aromatic rings. The second kappa shape index (κ2) is 5.63. The van der Waals surface area contributed by atoms with Gasteiger partial charge in [0.15, 0.2) is 0 Å². The van der Waals surface area contributed by atoms with Crippen molar-refractivity contribution < 1.29 is 39.5 Å². The van der Waals surface area contributed by atoms with Crippen LogP contribution in [0, 0.1) is 0 Å². The minimum absolute atomic E-state index is 0. The minimum atomic E-state index is -0.583. The fraction of sp³-hybridized carbons (Fsp3) is 0.667.